The summed E-state index contributed by atoms with van der Waals surface area (Å²) >= 11 is 12.3. The Labute approximate surface area is 203 Å². The first-order valence-electron chi connectivity index (χ1n) is 9.87. The van der Waals surface area contributed by atoms with Crippen molar-refractivity contribution in [1.29, 1.82) is 0 Å². The van der Waals surface area contributed by atoms with Crippen LogP contribution in [0, 0.1) is 5.82 Å². The molecule has 0 aliphatic carbocycles. The second-order valence-electron chi connectivity index (χ2n) is 7.51. The van der Waals surface area contributed by atoms with Crippen molar-refractivity contribution in [2.24, 2.45) is 0 Å². The Morgan fingerprint density at radius 1 is 1.09 bits per heavy atom. The van der Waals surface area contributed by atoms with Crippen molar-refractivity contribution >= 4 is 61.0 Å². The summed E-state index contributed by atoms with van der Waals surface area (Å²) in [7, 11) is -4.23. The lowest BCUT2D eigenvalue weighted by Crippen LogP contribution is -2.13. The molecule has 0 aliphatic heterocycles. The fraction of sp³-hybridized carbons (Fsp3) is 0.0435. The highest BCUT2D eigenvalue weighted by atomic mass is 35.5. The van der Waals surface area contributed by atoms with E-state index < -0.39 is 22.4 Å². The van der Waals surface area contributed by atoms with E-state index in [1.165, 1.54) is 42.7 Å². The number of anilines is 1. The minimum atomic E-state index is -4.23. The zero-order chi connectivity index (χ0) is 24.2. The lowest BCUT2D eigenvalue weighted by molar-refractivity contribution is 0.281. The van der Waals surface area contributed by atoms with Crippen LogP contribution in [0.15, 0.2) is 65.8 Å². The number of rotatable bonds is 4. The van der Waals surface area contributed by atoms with Gasteiger partial charge in [-0.05, 0) is 53.6 Å². The van der Waals surface area contributed by atoms with Gasteiger partial charge >= 0.3 is 0 Å². The van der Waals surface area contributed by atoms with Gasteiger partial charge in [0.15, 0.2) is 0 Å². The Balaban J connectivity index is 1.73. The highest BCUT2D eigenvalue weighted by Gasteiger charge is 2.25. The van der Waals surface area contributed by atoms with Crippen LogP contribution in [0.25, 0.3) is 32.9 Å². The molecular weight excluding hydrogens is 502 g/mol. The molecule has 0 fully saturated rings. The molecule has 34 heavy (non-hydrogen) atoms. The van der Waals surface area contributed by atoms with Crippen LogP contribution < -0.4 is 5.73 Å². The number of aliphatic hydroxyl groups excluding tert-OH is 1. The van der Waals surface area contributed by atoms with Gasteiger partial charge in [0, 0.05) is 33.8 Å². The van der Waals surface area contributed by atoms with Crippen molar-refractivity contribution in [2.75, 3.05) is 5.73 Å². The van der Waals surface area contributed by atoms with Crippen LogP contribution in [-0.2, 0) is 16.6 Å². The van der Waals surface area contributed by atoms with Gasteiger partial charge in [-0.3, -0.25) is 0 Å². The lowest BCUT2D eigenvalue weighted by atomic mass is 10.00. The average molecular weight is 517 g/mol. The molecule has 3 aromatic carbocycles. The van der Waals surface area contributed by atoms with Crippen molar-refractivity contribution in [3.8, 4) is 11.1 Å². The third-order valence-electron chi connectivity index (χ3n) is 5.46. The first-order valence-corrected chi connectivity index (χ1v) is 12.1. The molecule has 5 aromatic rings. The summed E-state index contributed by atoms with van der Waals surface area (Å²) in [4.78, 5) is 7.85. The number of halogens is 3. The normalized spacial score (nSPS) is 12.0. The third kappa shape index (κ3) is 3.57. The number of nitrogens with zero attached hydrogens (tertiary/aromatic N) is 3. The molecule has 172 valence electrons. The summed E-state index contributed by atoms with van der Waals surface area (Å²) in [6, 6.07) is 11.8. The van der Waals surface area contributed by atoms with Crippen LogP contribution in [0.4, 0.5) is 10.3 Å². The van der Waals surface area contributed by atoms with Gasteiger partial charge in [0.05, 0.1) is 22.7 Å². The number of nitrogens with two attached hydrogens (primary N) is 1. The maximum atomic E-state index is 15.0. The van der Waals surface area contributed by atoms with Gasteiger partial charge in [-0.1, -0.05) is 29.3 Å². The minimum Gasteiger partial charge on any atom is -0.392 e. The van der Waals surface area contributed by atoms with Gasteiger partial charge in [-0.25, -0.2) is 26.7 Å². The maximum Gasteiger partial charge on any atom is 0.269 e. The Kier molecular flexibility index (Phi) is 5.44. The summed E-state index contributed by atoms with van der Waals surface area (Å²) in [6.45, 7) is -0.485. The quantitative estimate of drug-likeness (QED) is 0.347. The molecule has 2 aromatic heterocycles. The summed E-state index contributed by atoms with van der Waals surface area (Å²) in [5, 5.41) is 10.5. The number of nitrogen functional groups attached to an aromatic ring is 1. The molecule has 11 heteroatoms. The number of benzene rings is 3. The van der Waals surface area contributed by atoms with E-state index in [1.807, 2.05) is 0 Å². The van der Waals surface area contributed by atoms with E-state index >= 15 is 4.39 Å². The summed E-state index contributed by atoms with van der Waals surface area (Å²) < 4.78 is 43.1. The zero-order valence-electron chi connectivity index (χ0n) is 17.2. The first-order chi connectivity index (χ1) is 16.2. The number of aromatic nitrogens is 3. The number of hydrogen-bond donors (Lipinski definition) is 2. The second kappa shape index (κ2) is 8.21. The molecular formula is C23H15Cl2FN4O3S. The van der Waals surface area contributed by atoms with Gasteiger partial charge in [0.25, 0.3) is 10.0 Å². The molecule has 0 saturated carbocycles. The molecule has 3 N–H and O–H groups in total. The second-order valence-corrected chi connectivity index (χ2v) is 10.1. The number of hydrogen-bond acceptors (Lipinski definition) is 6. The highest BCUT2D eigenvalue weighted by Crippen LogP contribution is 2.37. The SMILES string of the molecule is Nc1ncc2cc(-c3c(F)ccc4c3ccn4S(=O)(=O)c3cc(Cl)cc(CO)c3Cl)ccc2n1. The van der Waals surface area contributed by atoms with Gasteiger partial charge in [0.2, 0.25) is 5.95 Å². The molecule has 5 rings (SSSR count). The van der Waals surface area contributed by atoms with Gasteiger partial charge in [0.1, 0.15) is 10.7 Å². The molecule has 0 radical (unpaired) electrons. The minimum absolute atomic E-state index is 0.106. The molecule has 0 bridgehead atoms. The van der Waals surface area contributed by atoms with E-state index in [2.05, 4.69) is 9.97 Å². The van der Waals surface area contributed by atoms with Crippen LogP contribution in [0.5, 0.6) is 0 Å². The van der Waals surface area contributed by atoms with Crippen LogP contribution in [0.2, 0.25) is 10.0 Å². The lowest BCUT2D eigenvalue weighted by Gasteiger charge is -2.13. The Bertz CT molecular complexity index is 1720. The van der Waals surface area contributed by atoms with E-state index in [-0.39, 0.29) is 37.5 Å². The summed E-state index contributed by atoms with van der Waals surface area (Å²) in [5.41, 5.74) is 7.38. The third-order valence-corrected chi connectivity index (χ3v) is 7.95. The van der Waals surface area contributed by atoms with Crippen LogP contribution >= 0.6 is 23.2 Å². The van der Waals surface area contributed by atoms with E-state index in [1.54, 1.807) is 18.2 Å². The average Bonchev–Trinajstić information content (AvgIpc) is 3.24. The van der Waals surface area contributed by atoms with E-state index in [0.717, 1.165) is 3.97 Å². The largest absolute Gasteiger partial charge is 0.392 e. The van der Waals surface area contributed by atoms with Crippen molar-refractivity contribution in [1.82, 2.24) is 13.9 Å². The maximum absolute atomic E-state index is 15.0. The first kappa shape index (κ1) is 22.5. The van der Waals surface area contributed by atoms with Gasteiger partial charge < -0.3 is 10.8 Å². The van der Waals surface area contributed by atoms with Crippen molar-refractivity contribution in [3.63, 3.8) is 0 Å². The molecule has 0 aliphatic rings. The fourth-order valence-electron chi connectivity index (χ4n) is 3.90. The van der Waals surface area contributed by atoms with Crippen molar-refractivity contribution < 1.29 is 17.9 Å². The topological polar surface area (TPSA) is 111 Å². The van der Waals surface area contributed by atoms with Crippen molar-refractivity contribution in [2.45, 2.75) is 11.5 Å². The molecule has 2 heterocycles. The molecule has 0 unspecified atom stereocenters. The van der Waals surface area contributed by atoms with Gasteiger partial charge in [-0.2, -0.15) is 0 Å². The Hall–Kier alpha value is -3.24. The van der Waals surface area contributed by atoms with E-state index in [0.29, 0.717) is 21.9 Å². The van der Waals surface area contributed by atoms with Crippen LogP contribution in [-0.4, -0.2) is 27.5 Å². The highest BCUT2D eigenvalue weighted by molar-refractivity contribution is 7.90. The summed E-state index contributed by atoms with van der Waals surface area (Å²) in [6.07, 6.45) is 2.86. The summed E-state index contributed by atoms with van der Waals surface area (Å²) in [5.74, 6) is -0.401. The Morgan fingerprint density at radius 3 is 2.65 bits per heavy atom. The fourth-order valence-corrected chi connectivity index (χ4v) is 6.15. The molecule has 0 saturated heterocycles. The monoisotopic (exact) mass is 516 g/mol. The predicted molar refractivity (Wildman–Crippen MR) is 130 cm³/mol. The molecule has 7 nitrogen and oxygen atoms in total. The van der Waals surface area contributed by atoms with E-state index in [9.17, 15) is 13.5 Å². The van der Waals surface area contributed by atoms with Crippen LogP contribution in [0.3, 0.4) is 0 Å². The van der Waals surface area contributed by atoms with Gasteiger partial charge in [-0.15, -0.1) is 0 Å². The predicted octanol–water partition coefficient (Wildman–Crippen LogP) is 5.01. The standard InChI is InChI=1S/C23H15Cl2FN4O3S/c24-15-8-14(11-31)22(25)20(9-15)34(32,33)30-6-5-16-19(30)4-2-17(26)21(16)12-1-3-18-13(7-12)10-28-23(27)29-18/h1-10,31H,11H2,(H2,27,28,29). The number of fused-ring (bicyclic) bond motifs is 2. The zero-order valence-corrected chi connectivity index (χ0v) is 19.5. The molecule has 0 atom stereocenters. The van der Waals surface area contributed by atoms with Crippen molar-refractivity contribution in [3.05, 3.63) is 82.4 Å². The number of aliphatic hydroxyl groups is 1. The van der Waals surface area contributed by atoms with Crippen LogP contribution in [0.1, 0.15) is 5.56 Å². The van der Waals surface area contributed by atoms with E-state index in [4.69, 9.17) is 28.9 Å². The molecule has 0 amide bonds. The Morgan fingerprint density at radius 2 is 1.88 bits per heavy atom. The smallest absolute Gasteiger partial charge is 0.269 e. The molecule has 0 spiro atoms.